The second-order valence-corrected chi connectivity index (χ2v) is 8.61. The van der Waals surface area contributed by atoms with E-state index in [1.807, 2.05) is 30.3 Å². The molecular formula is C23H36N4O6. The fourth-order valence-corrected chi connectivity index (χ4v) is 3.35. The first-order chi connectivity index (χ1) is 15.4. The van der Waals surface area contributed by atoms with E-state index in [9.17, 15) is 29.4 Å². The number of rotatable bonds is 12. The summed E-state index contributed by atoms with van der Waals surface area (Å²) in [6.45, 7) is 5.93. The molecule has 0 fully saturated rings. The third-order valence-electron chi connectivity index (χ3n) is 5.27. The summed E-state index contributed by atoms with van der Waals surface area (Å²) in [4.78, 5) is 50.4. The second-order valence-electron chi connectivity index (χ2n) is 8.61. The van der Waals surface area contributed by atoms with Crippen LogP contribution in [0.4, 0.5) is 0 Å². The van der Waals surface area contributed by atoms with E-state index < -0.39 is 59.9 Å². The molecule has 0 aliphatic heterocycles. The summed E-state index contributed by atoms with van der Waals surface area (Å²) in [5.74, 6) is -4.18. The van der Waals surface area contributed by atoms with Crippen LogP contribution in [0.15, 0.2) is 30.3 Å². The number of carbonyl (C=O) groups excluding carboxylic acids is 3. The van der Waals surface area contributed by atoms with E-state index in [2.05, 4.69) is 5.32 Å². The Morgan fingerprint density at radius 2 is 1.61 bits per heavy atom. The zero-order valence-corrected chi connectivity index (χ0v) is 19.6. The van der Waals surface area contributed by atoms with Crippen molar-refractivity contribution in [3.8, 4) is 0 Å². The van der Waals surface area contributed by atoms with Gasteiger partial charge in [0.1, 0.15) is 12.1 Å². The van der Waals surface area contributed by atoms with Gasteiger partial charge in [-0.25, -0.2) is 4.79 Å². The van der Waals surface area contributed by atoms with Crippen molar-refractivity contribution < 1.29 is 29.4 Å². The van der Waals surface area contributed by atoms with Crippen molar-refractivity contribution >= 4 is 23.7 Å². The number of hydrogen-bond donors (Lipinski definition) is 5. The Bertz CT molecular complexity index is 814. The fourth-order valence-electron chi connectivity index (χ4n) is 3.35. The molecule has 0 saturated heterocycles. The van der Waals surface area contributed by atoms with Crippen LogP contribution in [0.5, 0.6) is 0 Å². The van der Waals surface area contributed by atoms with Crippen LogP contribution in [0.1, 0.15) is 46.1 Å². The maximum absolute atomic E-state index is 13.0. The predicted octanol–water partition coefficient (Wildman–Crippen LogP) is 0.0138. The van der Waals surface area contributed by atoms with Crippen molar-refractivity contribution in [2.75, 3.05) is 0 Å². The number of amides is 3. The summed E-state index contributed by atoms with van der Waals surface area (Å²) in [7, 11) is 0. The molecule has 0 aromatic heterocycles. The molecule has 7 N–H and O–H groups in total. The lowest BCUT2D eigenvalue weighted by Crippen LogP contribution is -2.58. The third-order valence-corrected chi connectivity index (χ3v) is 5.27. The van der Waals surface area contributed by atoms with Crippen molar-refractivity contribution in [1.29, 1.82) is 0 Å². The van der Waals surface area contributed by atoms with Gasteiger partial charge in [0.05, 0.1) is 12.1 Å². The molecule has 10 heteroatoms. The molecule has 0 saturated carbocycles. The van der Waals surface area contributed by atoms with Gasteiger partial charge in [0.25, 0.3) is 5.91 Å². The summed E-state index contributed by atoms with van der Waals surface area (Å²) in [6.07, 6.45) is -0.992. The van der Waals surface area contributed by atoms with Crippen LogP contribution in [-0.4, -0.2) is 69.1 Å². The maximum atomic E-state index is 13.0. The van der Waals surface area contributed by atoms with Crippen molar-refractivity contribution in [2.24, 2.45) is 17.4 Å². The monoisotopic (exact) mass is 464 g/mol. The van der Waals surface area contributed by atoms with E-state index in [0.29, 0.717) is 11.3 Å². The van der Waals surface area contributed by atoms with Gasteiger partial charge in [-0.15, -0.1) is 0 Å². The van der Waals surface area contributed by atoms with E-state index >= 15 is 0 Å². The highest BCUT2D eigenvalue weighted by Crippen LogP contribution is 2.17. The van der Waals surface area contributed by atoms with Gasteiger partial charge in [-0.2, -0.15) is 0 Å². The molecule has 0 bridgehead atoms. The molecule has 0 radical (unpaired) electrons. The summed E-state index contributed by atoms with van der Waals surface area (Å²) >= 11 is 0. The number of imide groups is 1. The zero-order chi connectivity index (χ0) is 25.3. The van der Waals surface area contributed by atoms with Gasteiger partial charge in [0.15, 0.2) is 0 Å². The maximum Gasteiger partial charge on any atom is 0.327 e. The summed E-state index contributed by atoms with van der Waals surface area (Å²) in [6, 6.07) is 5.18. The average Bonchev–Trinajstić information content (AvgIpc) is 2.74. The van der Waals surface area contributed by atoms with Crippen LogP contribution in [0.25, 0.3) is 0 Å². The van der Waals surface area contributed by atoms with Crippen molar-refractivity contribution in [2.45, 2.75) is 77.2 Å². The summed E-state index contributed by atoms with van der Waals surface area (Å²) < 4.78 is 0. The quantitative estimate of drug-likeness (QED) is 0.287. The number of carbonyl (C=O) groups is 4. The second kappa shape index (κ2) is 13.0. The highest BCUT2D eigenvalue weighted by atomic mass is 16.4. The van der Waals surface area contributed by atoms with Crippen molar-refractivity contribution in [1.82, 2.24) is 10.2 Å². The number of carboxylic acids is 1. The van der Waals surface area contributed by atoms with E-state index in [1.54, 1.807) is 13.8 Å². The number of carboxylic acid groups (broad SMARTS) is 1. The minimum atomic E-state index is -1.44. The number of aliphatic carboxylic acids is 1. The summed E-state index contributed by atoms with van der Waals surface area (Å²) in [5.41, 5.74) is 12.5. The Morgan fingerprint density at radius 1 is 1.03 bits per heavy atom. The smallest absolute Gasteiger partial charge is 0.327 e. The Kier molecular flexibility index (Phi) is 11.1. The number of nitrogens with two attached hydrogens (primary N) is 2. The first kappa shape index (κ1) is 28.2. The zero-order valence-electron chi connectivity index (χ0n) is 19.6. The van der Waals surface area contributed by atoms with Gasteiger partial charge in [-0.1, -0.05) is 44.2 Å². The molecule has 5 atom stereocenters. The molecule has 0 spiro atoms. The lowest BCUT2D eigenvalue weighted by molar-refractivity contribution is -0.161. The molecule has 1 aromatic carbocycles. The normalized spacial score (nSPS) is 15.8. The topological polar surface area (TPSA) is 176 Å². The SMILES string of the molecule is CC(N)C(=O)NC(C)C(=O)N(C(=O)CCC(O)C(N)Cc1ccccc1)C(C(=O)O)C(C)C. The summed E-state index contributed by atoms with van der Waals surface area (Å²) in [5, 5.41) is 22.5. The minimum Gasteiger partial charge on any atom is -0.480 e. The van der Waals surface area contributed by atoms with Crippen LogP contribution in [0, 0.1) is 5.92 Å². The van der Waals surface area contributed by atoms with E-state index in [0.717, 1.165) is 5.56 Å². The largest absolute Gasteiger partial charge is 0.480 e. The molecule has 10 nitrogen and oxygen atoms in total. The molecule has 1 aromatic rings. The molecule has 1 rings (SSSR count). The number of aliphatic hydroxyl groups excluding tert-OH is 1. The molecule has 184 valence electrons. The molecule has 5 unspecified atom stereocenters. The number of hydrogen-bond acceptors (Lipinski definition) is 7. The molecule has 3 amide bonds. The molecular weight excluding hydrogens is 428 g/mol. The minimum absolute atomic E-state index is 0.0539. The Morgan fingerprint density at radius 3 is 2.09 bits per heavy atom. The Balaban J connectivity index is 2.95. The van der Waals surface area contributed by atoms with Gasteiger partial charge >= 0.3 is 5.97 Å². The predicted molar refractivity (Wildman–Crippen MR) is 123 cm³/mol. The van der Waals surface area contributed by atoms with Gasteiger partial charge in [0, 0.05) is 12.5 Å². The first-order valence-corrected chi connectivity index (χ1v) is 11.0. The number of nitrogens with zero attached hydrogens (tertiary/aromatic N) is 1. The standard InChI is InChI=1S/C23H36N4O6/c1-13(2)20(23(32)33)27(22(31)15(4)26-21(30)14(3)24)19(29)11-10-18(28)17(25)12-16-8-6-5-7-9-16/h5-9,13-15,17-18,20,28H,10-12,24-25H2,1-4H3,(H,26,30)(H,32,33). The lowest BCUT2D eigenvalue weighted by atomic mass is 9.97. The molecule has 0 aliphatic carbocycles. The Labute approximate surface area is 194 Å². The lowest BCUT2D eigenvalue weighted by Gasteiger charge is -2.32. The highest BCUT2D eigenvalue weighted by molar-refractivity contribution is 6.02. The van der Waals surface area contributed by atoms with Crippen LogP contribution in [0.3, 0.4) is 0 Å². The molecule has 33 heavy (non-hydrogen) atoms. The molecule has 0 heterocycles. The average molecular weight is 465 g/mol. The number of nitrogens with one attached hydrogen (secondary N) is 1. The van der Waals surface area contributed by atoms with Crippen molar-refractivity contribution in [3.05, 3.63) is 35.9 Å². The van der Waals surface area contributed by atoms with Crippen LogP contribution in [-0.2, 0) is 25.6 Å². The molecule has 0 aliphatic rings. The Hall–Kier alpha value is -2.82. The van der Waals surface area contributed by atoms with Gasteiger partial charge < -0.3 is 27.0 Å². The first-order valence-electron chi connectivity index (χ1n) is 11.0. The van der Waals surface area contributed by atoms with Gasteiger partial charge in [0.2, 0.25) is 11.8 Å². The van der Waals surface area contributed by atoms with E-state index in [4.69, 9.17) is 11.5 Å². The van der Waals surface area contributed by atoms with Crippen LogP contribution >= 0.6 is 0 Å². The van der Waals surface area contributed by atoms with Gasteiger partial charge in [-0.3, -0.25) is 19.3 Å². The van der Waals surface area contributed by atoms with Gasteiger partial charge in [-0.05, 0) is 38.2 Å². The van der Waals surface area contributed by atoms with E-state index in [-0.39, 0.29) is 12.8 Å². The van der Waals surface area contributed by atoms with E-state index in [1.165, 1.54) is 13.8 Å². The highest BCUT2D eigenvalue weighted by Gasteiger charge is 2.39. The van der Waals surface area contributed by atoms with Crippen LogP contribution < -0.4 is 16.8 Å². The third kappa shape index (κ3) is 8.56. The van der Waals surface area contributed by atoms with Crippen molar-refractivity contribution in [3.63, 3.8) is 0 Å². The number of benzene rings is 1. The fraction of sp³-hybridized carbons (Fsp3) is 0.565. The van der Waals surface area contributed by atoms with Crippen LogP contribution in [0.2, 0.25) is 0 Å². The number of aliphatic hydroxyl groups is 1.